The second-order valence-electron chi connectivity index (χ2n) is 6.06. The number of aromatic nitrogens is 3. The van der Waals surface area contributed by atoms with Gasteiger partial charge in [0.2, 0.25) is 5.95 Å². The van der Waals surface area contributed by atoms with Crippen LogP contribution in [0.3, 0.4) is 0 Å². The lowest BCUT2D eigenvalue weighted by molar-refractivity contribution is -0.113. The number of hydrogen-bond acceptors (Lipinski definition) is 5. The number of nitrogens with zero attached hydrogens (tertiary/aromatic N) is 3. The van der Waals surface area contributed by atoms with E-state index in [0.29, 0.717) is 17.2 Å². The molecule has 126 valence electrons. The topological polar surface area (TPSA) is 81.1 Å². The highest BCUT2D eigenvalue weighted by Crippen LogP contribution is 2.35. The van der Waals surface area contributed by atoms with Gasteiger partial charge >= 0.3 is 0 Å². The SMILES string of the molecule is COc1ccc(NC(=O)C2=C(C)Nc3ncnn3C2C(C)C)cc1. The van der Waals surface area contributed by atoms with Crippen molar-refractivity contribution in [2.45, 2.75) is 26.8 Å². The Hall–Kier alpha value is -2.83. The number of hydrogen-bond donors (Lipinski definition) is 2. The minimum absolute atomic E-state index is 0.148. The van der Waals surface area contributed by atoms with Crippen molar-refractivity contribution in [1.82, 2.24) is 14.8 Å². The lowest BCUT2D eigenvalue weighted by atomic mass is 9.92. The van der Waals surface area contributed by atoms with Gasteiger partial charge in [-0.25, -0.2) is 4.68 Å². The summed E-state index contributed by atoms with van der Waals surface area (Å²) in [5.74, 6) is 1.45. The molecule has 1 atom stereocenters. The molecule has 3 rings (SSSR count). The number of carbonyl (C=O) groups is 1. The number of anilines is 2. The normalized spacial score (nSPS) is 16.6. The number of fused-ring (bicyclic) bond motifs is 1. The van der Waals surface area contributed by atoms with Gasteiger partial charge in [0.15, 0.2) is 0 Å². The molecule has 0 saturated heterocycles. The van der Waals surface area contributed by atoms with Gasteiger partial charge in [0.1, 0.15) is 12.1 Å². The first-order chi connectivity index (χ1) is 11.5. The highest BCUT2D eigenvalue weighted by molar-refractivity contribution is 6.05. The first-order valence-electron chi connectivity index (χ1n) is 7.84. The zero-order valence-corrected chi connectivity index (χ0v) is 14.2. The number of rotatable bonds is 4. The van der Waals surface area contributed by atoms with Gasteiger partial charge in [-0.05, 0) is 37.1 Å². The zero-order valence-electron chi connectivity index (χ0n) is 14.2. The van der Waals surface area contributed by atoms with E-state index in [9.17, 15) is 4.79 Å². The summed E-state index contributed by atoms with van der Waals surface area (Å²) >= 11 is 0. The number of methoxy groups -OCH3 is 1. The number of ether oxygens (including phenoxy) is 1. The Morgan fingerprint density at radius 3 is 2.67 bits per heavy atom. The van der Waals surface area contributed by atoms with E-state index in [1.165, 1.54) is 6.33 Å². The largest absolute Gasteiger partial charge is 0.497 e. The zero-order chi connectivity index (χ0) is 17.3. The second kappa shape index (κ2) is 6.35. The molecular weight excluding hydrogens is 306 g/mol. The molecule has 7 heteroatoms. The van der Waals surface area contributed by atoms with Crippen molar-refractivity contribution < 1.29 is 9.53 Å². The summed E-state index contributed by atoms with van der Waals surface area (Å²) in [7, 11) is 1.61. The van der Waals surface area contributed by atoms with Gasteiger partial charge in [0.05, 0.1) is 18.7 Å². The number of allylic oxidation sites excluding steroid dienone is 1. The van der Waals surface area contributed by atoms with Crippen LogP contribution < -0.4 is 15.4 Å². The summed E-state index contributed by atoms with van der Waals surface area (Å²) in [5.41, 5.74) is 2.17. The van der Waals surface area contributed by atoms with Crippen molar-refractivity contribution >= 4 is 17.5 Å². The molecule has 0 spiro atoms. The molecule has 1 aliphatic heterocycles. The highest BCUT2D eigenvalue weighted by Gasteiger charge is 2.34. The maximum absolute atomic E-state index is 12.9. The van der Waals surface area contributed by atoms with Crippen LogP contribution >= 0.6 is 0 Å². The third-order valence-corrected chi connectivity index (χ3v) is 4.06. The number of nitrogens with one attached hydrogen (secondary N) is 2. The Balaban J connectivity index is 1.89. The predicted molar refractivity (Wildman–Crippen MR) is 91.8 cm³/mol. The molecule has 2 N–H and O–H groups in total. The molecule has 2 aromatic rings. The van der Waals surface area contributed by atoms with Crippen LogP contribution in [-0.4, -0.2) is 27.8 Å². The van der Waals surface area contributed by atoms with Gasteiger partial charge in [-0.2, -0.15) is 10.1 Å². The van der Waals surface area contributed by atoms with Crippen LogP contribution in [0.5, 0.6) is 5.75 Å². The summed E-state index contributed by atoms with van der Waals surface area (Å²) in [6.45, 7) is 6.02. The fourth-order valence-electron chi connectivity index (χ4n) is 2.92. The average Bonchev–Trinajstić information content (AvgIpc) is 3.01. The van der Waals surface area contributed by atoms with Crippen LogP contribution in [-0.2, 0) is 4.79 Å². The fraction of sp³-hybridized carbons (Fsp3) is 0.353. The first-order valence-corrected chi connectivity index (χ1v) is 7.84. The summed E-state index contributed by atoms with van der Waals surface area (Å²) < 4.78 is 6.90. The second-order valence-corrected chi connectivity index (χ2v) is 6.06. The van der Waals surface area contributed by atoms with E-state index in [0.717, 1.165) is 11.4 Å². The third-order valence-electron chi connectivity index (χ3n) is 4.06. The molecule has 0 bridgehead atoms. The highest BCUT2D eigenvalue weighted by atomic mass is 16.5. The van der Waals surface area contributed by atoms with Crippen molar-refractivity contribution in [3.8, 4) is 5.75 Å². The van der Waals surface area contributed by atoms with Crippen LogP contribution in [0.1, 0.15) is 26.8 Å². The van der Waals surface area contributed by atoms with Crippen molar-refractivity contribution in [3.05, 3.63) is 41.9 Å². The van der Waals surface area contributed by atoms with E-state index >= 15 is 0 Å². The van der Waals surface area contributed by atoms with E-state index < -0.39 is 0 Å². The van der Waals surface area contributed by atoms with Crippen LogP contribution in [0, 0.1) is 5.92 Å². The van der Waals surface area contributed by atoms with Gasteiger partial charge in [-0.3, -0.25) is 4.79 Å². The van der Waals surface area contributed by atoms with Crippen molar-refractivity contribution in [2.75, 3.05) is 17.7 Å². The molecule has 0 fully saturated rings. The van der Waals surface area contributed by atoms with E-state index in [2.05, 4.69) is 34.6 Å². The summed E-state index contributed by atoms with van der Waals surface area (Å²) in [6, 6.07) is 7.08. The Labute approximate surface area is 140 Å². The summed E-state index contributed by atoms with van der Waals surface area (Å²) in [4.78, 5) is 17.1. The van der Waals surface area contributed by atoms with Gasteiger partial charge in [0, 0.05) is 11.4 Å². The predicted octanol–water partition coefficient (Wildman–Crippen LogP) is 2.82. The van der Waals surface area contributed by atoms with Crippen molar-refractivity contribution in [2.24, 2.45) is 5.92 Å². The molecule has 1 aromatic heterocycles. The van der Waals surface area contributed by atoms with E-state index in [1.54, 1.807) is 11.8 Å². The Kier molecular flexibility index (Phi) is 4.24. The summed E-state index contributed by atoms with van der Waals surface area (Å²) in [5, 5.41) is 10.4. The minimum Gasteiger partial charge on any atom is -0.497 e. The van der Waals surface area contributed by atoms with E-state index in [-0.39, 0.29) is 17.9 Å². The maximum atomic E-state index is 12.9. The smallest absolute Gasteiger partial charge is 0.255 e. The quantitative estimate of drug-likeness (QED) is 0.902. The van der Waals surface area contributed by atoms with Gasteiger partial charge in [-0.1, -0.05) is 13.8 Å². The molecule has 0 aliphatic carbocycles. The van der Waals surface area contributed by atoms with Crippen molar-refractivity contribution in [3.63, 3.8) is 0 Å². The van der Waals surface area contributed by atoms with E-state index in [1.807, 2.05) is 31.2 Å². The molecule has 1 unspecified atom stereocenters. The monoisotopic (exact) mass is 327 g/mol. The Morgan fingerprint density at radius 2 is 2.04 bits per heavy atom. The molecule has 0 saturated carbocycles. The molecule has 1 aliphatic rings. The molecular formula is C17H21N5O2. The first kappa shape index (κ1) is 16.0. The third kappa shape index (κ3) is 2.84. The van der Waals surface area contributed by atoms with Crippen LogP contribution in [0.25, 0.3) is 0 Å². The minimum atomic E-state index is -0.165. The van der Waals surface area contributed by atoms with Crippen LogP contribution in [0.15, 0.2) is 41.9 Å². The number of benzene rings is 1. The fourth-order valence-corrected chi connectivity index (χ4v) is 2.92. The molecule has 2 heterocycles. The lowest BCUT2D eigenvalue weighted by Crippen LogP contribution is -2.33. The summed E-state index contributed by atoms with van der Waals surface area (Å²) in [6.07, 6.45) is 1.50. The average molecular weight is 327 g/mol. The Morgan fingerprint density at radius 1 is 1.33 bits per heavy atom. The van der Waals surface area contributed by atoms with Gasteiger partial charge in [-0.15, -0.1) is 0 Å². The molecule has 7 nitrogen and oxygen atoms in total. The number of amides is 1. The Bertz CT molecular complexity index is 777. The lowest BCUT2D eigenvalue weighted by Gasteiger charge is -2.30. The van der Waals surface area contributed by atoms with Crippen LogP contribution in [0.4, 0.5) is 11.6 Å². The molecule has 0 radical (unpaired) electrons. The molecule has 1 amide bonds. The number of carbonyl (C=O) groups excluding carboxylic acids is 1. The van der Waals surface area contributed by atoms with Gasteiger partial charge < -0.3 is 15.4 Å². The molecule has 24 heavy (non-hydrogen) atoms. The standard InChI is InChI=1S/C17H21N5O2/c1-10(2)15-14(11(3)20-17-18-9-19-22(15)17)16(23)21-12-5-7-13(24-4)8-6-12/h5-10,15H,1-4H3,(H,21,23)(H,18,19,20). The maximum Gasteiger partial charge on any atom is 0.255 e. The van der Waals surface area contributed by atoms with Gasteiger partial charge in [0.25, 0.3) is 5.91 Å². The molecule has 1 aromatic carbocycles. The van der Waals surface area contributed by atoms with Crippen molar-refractivity contribution in [1.29, 1.82) is 0 Å². The van der Waals surface area contributed by atoms with E-state index in [4.69, 9.17) is 4.74 Å². The van der Waals surface area contributed by atoms with Crippen LogP contribution in [0.2, 0.25) is 0 Å².